The minimum atomic E-state index is -5.13. The van der Waals surface area contributed by atoms with E-state index in [1.165, 1.54) is 12.1 Å². The summed E-state index contributed by atoms with van der Waals surface area (Å²) in [5.74, 6) is -1.67. The van der Waals surface area contributed by atoms with Crippen LogP contribution in [-0.2, 0) is 19.4 Å². The molecule has 1 heterocycles. The maximum atomic E-state index is 13.3. The predicted octanol–water partition coefficient (Wildman–Crippen LogP) is 3.21. The molecule has 0 bridgehead atoms. The maximum Gasteiger partial charge on any atom is 0.573 e. The smallest absolute Gasteiger partial charge is 0.444 e. The average molecular weight is 503 g/mol. The Bertz CT molecular complexity index is 1110. The van der Waals surface area contributed by atoms with Gasteiger partial charge in [0.1, 0.15) is 22.3 Å². The number of carbonyl (C=O) groups excluding carboxylic acids is 2. The molecule has 1 aliphatic carbocycles. The third-order valence-electron chi connectivity index (χ3n) is 5.25. The molecule has 0 spiro atoms. The molecule has 0 aromatic heterocycles. The second-order valence-electron chi connectivity index (χ2n) is 9.09. The number of benzene rings is 1. The highest BCUT2D eigenvalue weighted by Crippen LogP contribution is 2.37. The summed E-state index contributed by atoms with van der Waals surface area (Å²) in [6, 6.07) is 2.61. The Labute approximate surface area is 194 Å². The van der Waals surface area contributed by atoms with Crippen LogP contribution in [0.2, 0.25) is 0 Å². The fourth-order valence-corrected chi connectivity index (χ4v) is 5.47. The van der Waals surface area contributed by atoms with E-state index in [2.05, 4.69) is 4.74 Å². The molecule has 0 unspecified atom stereocenters. The van der Waals surface area contributed by atoms with Gasteiger partial charge in [-0.25, -0.2) is 18.1 Å². The van der Waals surface area contributed by atoms with Gasteiger partial charge in [-0.2, -0.15) is 5.26 Å². The van der Waals surface area contributed by atoms with Crippen LogP contribution >= 0.6 is 0 Å². The third kappa shape index (κ3) is 5.72. The number of carbonyl (C=O) groups is 2. The zero-order valence-corrected chi connectivity index (χ0v) is 19.5. The van der Waals surface area contributed by atoms with E-state index < -0.39 is 68.7 Å². The van der Waals surface area contributed by atoms with Crippen LogP contribution in [0.5, 0.6) is 5.75 Å². The summed E-state index contributed by atoms with van der Waals surface area (Å²) in [5, 5.41) is 7.98. The first-order valence-electron chi connectivity index (χ1n) is 10.4. The molecule has 1 saturated heterocycles. The molecule has 2 atom stereocenters. The summed E-state index contributed by atoms with van der Waals surface area (Å²) in [4.78, 5) is 27.0. The van der Waals surface area contributed by atoms with Crippen LogP contribution in [-0.4, -0.2) is 66.1 Å². The first-order valence-corrected chi connectivity index (χ1v) is 12.0. The number of likely N-dealkylation sites (tertiary alicyclic amines) is 1. The largest absolute Gasteiger partial charge is 0.573 e. The van der Waals surface area contributed by atoms with Crippen molar-refractivity contribution in [1.29, 1.82) is 5.26 Å². The number of nitrogens with zero attached hydrogens (tertiary/aromatic N) is 3. The number of rotatable bonds is 5. The molecule has 1 aromatic rings. The van der Waals surface area contributed by atoms with E-state index >= 15 is 0 Å². The number of ether oxygens (including phenoxy) is 2. The van der Waals surface area contributed by atoms with Crippen molar-refractivity contribution >= 4 is 21.8 Å². The van der Waals surface area contributed by atoms with Gasteiger partial charge in [0.05, 0.1) is 5.25 Å². The molecule has 13 heteroatoms. The SMILES string of the molecule is CC(C)(C)OC(=O)N1C[C@H](S(=O)(=O)c2ccccc2OC(F)(F)F)C[C@H]1C(=O)N(C#N)C1CC1. The minimum absolute atomic E-state index is 0.324. The van der Waals surface area contributed by atoms with Gasteiger partial charge >= 0.3 is 12.5 Å². The molecule has 1 saturated carbocycles. The lowest BCUT2D eigenvalue weighted by Gasteiger charge is -2.29. The van der Waals surface area contributed by atoms with Crippen LogP contribution in [0, 0.1) is 11.5 Å². The van der Waals surface area contributed by atoms with Crippen molar-refractivity contribution in [3.8, 4) is 11.9 Å². The van der Waals surface area contributed by atoms with Gasteiger partial charge in [0.2, 0.25) is 0 Å². The third-order valence-corrected chi connectivity index (χ3v) is 7.42. The first-order chi connectivity index (χ1) is 15.6. The lowest BCUT2D eigenvalue weighted by Crippen LogP contribution is -2.48. The summed E-state index contributed by atoms with van der Waals surface area (Å²) in [6.07, 6.45) is -3.52. The van der Waals surface area contributed by atoms with Crippen molar-refractivity contribution in [3.63, 3.8) is 0 Å². The quantitative estimate of drug-likeness (QED) is 0.447. The molecular weight excluding hydrogens is 479 g/mol. The molecule has 2 amide bonds. The molecule has 9 nitrogen and oxygen atoms in total. The molecule has 186 valence electrons. The fraction of sp³-hybridized carbons (Fsp3) is 0.571. The Morgan fingerprint density at radius 3 is 2.32 bits per heavy atom. The van der Waals surface area contributed by atoms with E-state index in [4.69, 9.17) is 4.74 Å². The number of halogens is 3. The normalized spacial score (nSPS) is 21.0. The van der Waals surface area contributed by atoms with E-state index in [1.807, 2.05) is 0 Å². The topological polar surface area (TPSA) is 117 Å². The van der Waals surface area contributed by atoms with Gasteiger partial charge in [0.25, 0.3) is 5.91 Å². The second kappa shape index (κ2) is 8.98. The maximum absolute atomic E-state index is 13.3. The average Bonchev–Trinajstić information content (AvgIpc) is 3.41. The van der Waals surface area contributed by atoms with Gasteiger partial charge < -0.3 is 9.47 Å². The van der Waals surface area contributed by atoms with E-state index in [0.29, 0.717) is 12.8 Å². The second-order valence-corrected chi connectivity index (χ2v) is 11.3. The summed E-state index contributed by atoms with van der Waals surface area (Å²) in [5.41, 5.74) is -0.958. The summed E-state index contributed by atoms with van der Waals surface area (Å²) in [7, 11) is -4.48. The van der Waals surface area contributed by atoms with Crippen LogP contribution in [0.4, 0.5) is 18.0 Å². The molecule has 1 aromatic carbocycles. The van der Waals surface area contributed by atoms with Gasteiger partial charge in [0.15, 0.2) is 16.0 Å². The number of nitriles is 1. The van der Waals surface area contributed by atoms with E-state index in [-0.39, 0.29) is 6.04 Å². The standard InChI is InChI=1S/C21H24F3N3O6S/c1-20(2,3)33-19(29)26-11-14(10-15(26)18(28)27(12-25)13-8-9-13)34(30,31)17-7-5-4-6-16(17)32-21(22,23)24/h4-7,13-15H,8-11H2,1-3H3/t14-,15+/m1/s1. The Balaban J connectivity index is 1.96. The molecule has 2 aliphatic rings. The van der Waals surface area contributed by atoms with Crippen molar-refractivity contribution in [2.45, 2.75) is 74.2 Å². The predicted molar refractivity (Wildman–Crippen MR) is 111 cm³/mol. The number of hydrogen-bond donors (Lipinski definition) is 0. The zero-order chi connectivity index (χ0) is 25.5. The van der Waals surface area contributed by atoms with Gasteiger partial charge in [-0.05, 0) is 52.2 Å². The Morgan fingerprint density at radius 2 is 1.79 bits per heavy atom. The minimum Gasteiger partial charge on any atom is -0.444 e. The highest BCUT2D eigenvalue weighted by Gasteiger charge is 2.50. The van der Waals surface area contributed by atoms with Gasteiger partial charge in [-0.15, -0.1) is 13.2 Å². The molecule has 34 heavy (non-hydrogen) atoms. The lowest BCUT2D eigenvalue weighted by atomic mass is 10.2. The Morgan fingerprint density at radius 1 is 1.18 bits per heavy atom. The number of amides is 2. The number of para-hydroxylation sites is 1. The lowest BCUT2D eigenvalue weighted by molar-refractivity contribution is -0.275. The van der Waals surface area contributed by atoms with Crippen LogP contribution in [0.25, 0.3) is 0 Å². The number of sulfone groups is 1. The molecule has 3 rings (SSSR count). The van der Waals surface area contributed by atoms with Crippen molar-refractivity contribution in [1.82, 2.24) is 9.80 Å². The Hall–Kier alpha value is -3.01. The van der Waals surface area contributed by atoms with E-state index in [1.54, 1.807) is 27.0 Å². The van der Waals surface area contributed by atoms with Gasteiger partial charge in [-0.1, -0.05) is 12.1 Å². The summed E-state index contributed by atoms with van der Waals surface area (Å²) < 4.78 is 74.3. The molecule has 2 fully saturated rings. The van der Waals surface area contributed by atoms with E-state index in [0.717, 1.165) is 21.9 Å². The Kier molecular flexibility index (Phi) is 6.76. The van der Waals surface area contributed by atoms with Crippen LogP contribution in [0.1, 0.15) is 40.0 Å². The van der Waals surface area contributed by atoms with Crippen molar-refractivity contribution in [3.05, 3.63) is 24.3 Å². The molecular formula is C21H24F3N3O6S. The fourth-order valence-electron chi connectivity index (χ4n) is 3.66. The van der Waals surface area contributed by atoms with Gasteiger partial charge in [-0.3, -0.25) is 9.69 Å². The summed E-state index contributed by atoms with van der Waals surface area (Å²) in [6.45, 7) is 4.26. The van der Waals surface area contributed by atoms with Crippen LogP contribution in [0.15, 0.2) is 29.2 Å². The van der Waals surface area contributed by atoms with Crippen molar-refractivity contribution in [2.75, 3.05) is 6.54 Å². The highest BCUT2D eigenvalue weighted by molar-refractivity contribution is 7.92. The highest BCUT2D eigenvalue weighted by atomic mass is 32.2. The van der Waals surface area contributed by atoms with Crippen LogP contribution in [0.3, 0.4) is 0 Å². The molecule has 0 N–H and O–H groups in total. The van der Waals surface area contributed by atoms with Crippen LogP contribution < -0.4 is 4.74 Å². The monoisotopic (exact) mass is 503 g/mol. The molecule has 0 radical (unpaired) electrons. The van der Waals surface area contributed by atoms with Crippen molar-refractivity contribution < 1.29 is 40.7 Å². The van der Waals surface area contributed by atoms with Gasteiger partial charge in [0, 0.05) is 12.6 Å². The molecule has 1 aliphatic heterocycles. The zero-order valence-electron chi connectivity index (χ0n) is 18.7. The number of alkyl halides is 3. The first kappa shape index (κ1) is 25.6. The summed E-state index contributed by atoms with van der Waals surface area (Å²) >= 11 is 0. The van der Waals surface area contributed by atoms with E-state index in [9.17, 15) is 36.4 Å². The van der Waals surface area contributed by atoms with Crippen molar-refractivity contribution in [2.24, 2.45) is 0 Å². The number of hydrogen-bond acceptors (Lipinski definition) is 7.